The molecule has 0 aliphatic carbocycles. The monoisotopic (exact) mass is 408 g/mol. The van der Waals surface area contributed by atoms with Crippen LogP contribution in [0, 0.1) is 5.82 Å². The molecule has 0 radical (unpaired) electrons. The SMILES string of the molecule is CC1CCCC(C)N1C(=O)CSc1nnc(NC(=O)c2ccc(F)cc2)s1. The smallest absolute Gasteiger partial charge is 0.257 e. The van der Waals surface area contributed by atoms with Crippen LogP contribution in [0.4, 0.5) is 9.52 Å². The minimum Gasteiger partial charge on any atom is -0.337 e. The average Bonchev–Trinajstić information content (AvgIpc) is 3.07. The molecule has 0 saturated carbocycles. The molecule has 2 heterocycles. The van der Waals surface area contributed by atoms with Crippen LogP contribution in [-0.2, 0) is 4.79 Å². The van der Waals surface area contributed by atoms with E-state index in [-0.39, 0.29) is 23.9 Å². The maximum Gasteiger partial charge on any atom is 0.257 e. The van der Waals surface area contributed by atoms with Gasteiger partial charge in [0.1, 0.15) is 5.82 Å². The van der Waals surface area contributed by atoms with Gasteiger partial charge in [0, 0.05) is 17.6 Å². The first-order chi connectivity index (χ1) is 12.9. The summed E-state index contributed by atoms with van der Waals surface area (Å²) in [6.45, 7) is 4.18. The molecule has 2 unspecified atom stereocenters. The van der Waals surface area contributed by atoms with Gasteiger partial charge >= 0.3 is 0 Å². The zero-order valence-corrected chi connectivity index (χ0v) is 16.8. The van der Waals surface area contributed by atoms with Gasteiger partial charge in [-0.05, 0) is 57.4 Å². The first kappa shape index (κ1) is 19.8. The number of nitrogens with zero attached hydrogens (tertiary/aromatic N) is 3. The maximum atomic E-state index is 12.9. The highest BCUT2D eigenvalue weighted by Gasteiger charge is 2.28. The molecular weight excluding hydrogens is 387 g/mol. The molecule has 2 atom stereocenters. The molecule has 1 saturated heterocycles. The minimum absolute atomic E-state index is 0.104. The van der Waals surface area contributed by atoms with E-state index in [0.29, 0.717) is 20.8 Å². The lowest BCUT2D eigenvalue weighted by atomic mass is 9.98. The summed E-state index contributed by atoms with van der Waals surface area (Å²) < 4.78 is 13.5. The fourth-order valence-corrected chi connectivity index (χ4v) is 4.82. The first-order valence-corrected chi connectivity index (χ1v) is 10.6. The van der Waals surface area contributed by atoms with Crippen molar-refractivity contribution in [2.75, 3.05) is 11.1 Å². The molecule has 1 fully saturated rings. The molecular formula is C18H21FN4O2S2. The molecule has 0 spiro atoms. The van der Waals surface area contributed by atoms with Crippen molar-refractivity contribution in [3.8, 4) is 0 Å². The highest BCUT2D eigenvalue weighted by Crippen LogP contribution is 2.28. The lowest BCUT2D eigenvalue weighted by molar-refractivity contribution is -0.134. The van der Waals surface area contributed by atoms with Gasteiger partial charge in [0.15, 0.2) is 4.34 Å². The van der Waals surface area contributed by atoms with E-state index in [1.807, 2.05) is 4.90 Å². The molecule has 2 amide bonds. The largest absolute Gasteiger partial charge is 0.337 e. The average molecular weight is 409 g/mol. The van der Waals surface area contributed by atoms with Crippen molar-refractivity contribution in [2.24, 2.45) is 0 Å². The second-order valence-electron chi connectivity index (χ2n) is 6.55. The predicted molar refractivity (Wildman–Crippen MR) is 105 cm³/mol. The fourth-order valence-electron chi connectivity index (χ4n) is 3.20. The summed E-state index contributed by atoms with van der Waals surface area (Å²) in [5.41, 5.74) is 0.337. The number of halogens is 1. The molecule has 3 rings (SSSR count). The molecule has 1 aliphatic rings. The number of rotatable bonds is 5. The molecule has 27 heavy (non-hydrogen) atoms. The van der Waals surface area contributed by atoms with Crippen LogP contribution in [0.1, 0.15) is 43.5 Å². The molecule has 6 nitrogen and oxygen atoms in total. The number of thioether (sulfide) groups is 1. The molecule has 1 aromatic heterocycles. The number of carbonyl (C=O) groups is 2. The van der Waals surface area contributed by atoms with Crippen molar-refractivity contribution < 1.29 is 14.0 Å². The number of likely N-dealkylation sites (tertiary alicyclic amines) is 1. The molecule has 144 valence electrons. The van der Waals surface area contributed by atoms with Gasteiger partial charge in [-0.25, -0.2) is 4.39 Å². The Morgan fingerprint density at radius 2 is 1.89 bits per heavy atom. The summed E-state index contributed by atoms with van der Waals surface area (Å²) in [6.07, 6.45) is 3.24. The third-order valence-electron chi connectivity index (χ3n) is 4.53. The van der Waals surface area contributed by atoms with E-state index in [9.17, 15) is 14.0 Å². The van der Waals surface area contributed by atoms with Crippen molar-refractivity contribution in [3.63, 3.8) is 0 Å². The van der Waals surface area contributed by atoms with Crippen LogP contribution in [0.25, 0.3) is 0 Å². The van der Waals surface area contributed by atoms with E-state index in [1.54, 1.807) is 0 Å². The zero-order chi connectivity index (χ0) is 19.4. The van der Waals surface area contributed by atoms with Gasteiger partial charge < -0.3 is 4.90 Å². The van der Waals surface area contributed by atoms with E-state index < -0.39 is 5.82 Å². The fraction of sp³-hybridized carbons (Fsp3) is 0.444. The van der Waals surface area contributed by atoms with Crippen molar-refractivity contribution >= 4 is 40.0 Å². The molecule has 1 N–H and O–H groups in total. The van der Waals surface area contributed by atoms with E-state index in [0.717, 1.165) is 19.3 Å². The Labute approximate surface area is 165 Å². The third-order valence-corrected chi connectivity index (χ3v) is 6.49. The lowest BCUT2D eigenvalue weighted by Gasteiger charge is -2.39. The van der Waals surface area contributed by atoms with Crippen LogP contribution < -0.4 is 5.32 Å². The number of nitrogens with one attached hydrogen (secondary N) is 1. The second kappa shape index (κ2) is 8.79. The number of hydrogen-bond donors (Lipinski definition) is 1. The normalized spacial score (nSPS) is 19.7. The molecule has 0 bridgehead atoms. The van der Waals surface area contributed by atoms with Gasteiger partial charge in [0.05, 0.1) is 5.75 Å². The molecule has 2 aromatic rings. The molecule has 1 aliphatic heterocycles. The number of piperidine rings is 1. The van der Waals surface area contributed by atoms with E-state index >= 15 is 0 Å². The van der Waals surface area contributed by atoms with E-state index in [4.69, 9.17) is 0 Å². The Hall–Kier alpha value is -2.00. The Morgan fingerprint density at radius 1 is 1.22 bits per heavy atom. The van der Waals surface area contributed by atoms with Crippen LogP contribution in [-0.4, -0.2) is 44.7 Å². The number of benzene rings is 1. The van der Waals surface area contributed by atoms with Crippen molar-refractivity contribution in [3.05, 3.63) is 35.6 Å². The summed E-state index contributed by atoms with van der Waals surface area (Å²) in [4.78, 5) is 26.6. The van der Waals surface area contributed by atoms with Gasteiger partial charge in [-0.1, -0.05) is 23.1 Å². The number of aromatic nitrogens is 2. The van der Waals surface area contributed by atoms with Crippen molar-refractivity contribution in [2.45, 2.75) is 49.5 Å². The summed E-state index contributed by atoms with van der Waals surface area (Å²) in [7, 11) is 0. The summed E-state index contributed by atoms with van der Waals surface area (Å²) in [5, 5.41) is 10.9. The Balaban J connectivity index is 1.54. The van der Waals surface area contributed by atoms with E-state index in [2.05, 4.69) is 29.4 Å². The lowest BCUT2D eigenvalue weighted by Crippen LogP contribution is -2.48. The van der Waals surface area contributed by atoms with Crippen molar-refractivity contribution in [1.82, 2.24) is 15.1 Å². The zero-order valence-electron chi connectivity index (χ0n) is 15.1. The Kier molecular flexibility index (Phi) is 6.43. The van der Waals surface area contributed by atoms with Gasteiger partial charge in [0.2, 0.25) is 11.0 Å². The summed E-state index contributed by atoms with van der Waals surface area (Å²) in [5.74, 6) is -0.375. The van der Waals surface area contributed by atoms with E-state index in [1.165, 1.54) is 47.4 Å². The third kappa shape index (κ3) is 5.04. The number of carbonyl (C=O) groups excluding carboxylic acids is 2. The Morgan fingerprint density at radius 3 is 2.56 bits per heavy atom. The van der Waals surface area contributed by atoms with Gasteiger partial charge in [-0.3, -0.25) is 14.9 Å². The maximum absolute atomic E-state index is 12.9. The quantitative estimate of drug-likeness (QED) is 0.601. The highest BCUT2D eigenvalue weighted by atomic mass is 32.2. The summed E-state index contributed by atoms with van der Waals surface area (Å²) >= 11 is 2.54. The van der Waals surface area contributed by atoms with Crippen LogP contribution >= 0.6 is 23.1 Å². The van der Waals surface area contributed by atoms with Gasteiger partial charge in [0.25, 0.3) is 5.91 Å². The summed E-state index contributed by atoms with van der Waals surface area (Å²) in [6, 6.07) is 5.79. The van der Waals surface area contributed by atoms with Crippen LogP contribution in [0.15, 0.2) is 28.6 Å². The van der Waals surface area contributed by atoms with Crippen LogP contribution in [0.5, 0.6) is 0 Å². The minimum atomic E-state index is -0.400. The number of hydrogen-bond acceptors (Lipinski definition) is 6. The van der Waals surface area contributed by atoms with Gasteiger partial charge in [-0.2, -0.15) is 0 Å². The molecule has 1 aromatic carbocycles. The predicted octanol–water partition coefficient (Wildman–Crippen LogP) is 3.81. The van der Waals surface area contributed by atoms with Gasteiger partial charge in [-0.15, -0.1) is 10.2 Å². The number of amides is 2. The van der Waals surface area contributed by atoms with Crippen molar-refractivity contribution in [1.29, 1.82) is 0 Å². The Bertz CT molecular complexity index is 802. The first-order valence-electron chi connectivity index (χ1n) is 8.78. The molecule has 9 heteroatoms. The number of anilines is 1. The second-order valence-corrected chi connectivity index (χ2v) is 8.75. The standard InChI is InChI=1S/C18H21FN4O2S2/c1-11-4-3-5-12(2)23(11)15(24)10-26-18-22-21-17(27-18)20-16(25)13-6-8-14(19)9-7-13/h6-9,11-12H,3-5,10H2,1-2H3,(H,20,21,25). The highest BCUT2D eigenvalue weighted by molar-refractivity contribution is 8.01. The van der Waals surface area contributed by atoms with Crippen LogP contribution in [0.2, 0.25) is 0 Å². The topological polar surface area (TPSA) is 75.2 Å². The van der Waals surface area contributed by atoms with Crippen LogP contribution in [0.3, 0.4) is 0 Å².